The molecule has 0 saturated carbocycles. The number of benzene rings is 2. The van der Waals surface area contributed by atoms with Gasteiger partial charge in [-0.2, -0.15) is 0 Å². The van der Waals surface area contributed by atoms with E-state index in [-0.39, 0.29) is 0 Å². The van der Waals surface area contributed by atoms with Gasteiger partial charge in [-0.25, -0.2) is 0 Å². The zero-order chi connectivity index (χ0) is 15.4. The first-order valence-electron chi connectivity index (χ1n) is 6.60. The highest BCUT2D eigenvalue weighted by Gasteiger charge is 2.09. The van der Waals surface area contributed by atoms with Crippen LogP contribution < -0.4 is 4.74 Å². The maximum atomic E-state index is 5.86. The summed E-state index contributed by atoms with van der Waals surface area (Å²) < 4.78 is 10.8. The lowest BCUT2D eigenvalue weighted by Gasteiger charge is -2.01. The largest absolute Gasteiger partial charge is 0.497 e. The molecule has 0 bridgehead atoms. The Morgan fingerprint density at radius 3 is 2.45 bits per heavy atom. The van der Waals surface area contributed by atoms with Crippen molar-refractivity contribution in [2.24, 2.45) is 0 Å². The Morgan fingerprint density at radius 1 is 1.05 bits per heavy atom. The number of nitrogens with zero attached hydrogens (tertiary/aromatic N) is 2. The highest BCUT2D eigenvalue weighted by atomic mass is 35.5. The number of hydrogen-bond donors (Lipinski definition) is 0. The molecule has 1 aromatic heterocycles. The van der Waals surface area contributed by atoms with Gasteiger partial charge in [-0.05, 0) is 48.5 Å². The summed E-state index contributed by atoms with van der Waals surface area (Å²) in [4.78, 5) is 1.12. The van der Waals surface area contributed by atoms with Crippen molar-refractivity contribution in [3.8, 4) is 17.2 Å². The highest BCUT2D eigenvalue weighted by Crippen LogP contribution is 2.26. The molecule has 0 fully saturated rings. The van der Waals surface area contributed by atoms with Crippen LogP contribution in [-0.4, -0.2) is 17.3 Å². The van der Waals surface area contributed by atoms with Gasteiger partial charge >= 0.3 is 0 Å². The average Bonchev–Trinajstić information content (AvgIpc) is 3.03. The van der Waals surface area contributed by atoms with E-state index in [0.717, 1.165) is 16.2 Å². The first kappa shape index (κ1) is 14.9. The van der Waals surface area contributed by atoms with Crippen molar-refractivity contribution in [1.29, 1.82) is 0 Å². The Bertz CT molecular complexity index is 742. The fourth-order valence-corrected chi connectivity index (χ4v) is 2.70. The molecule has 0 spiro atoms. The second-order valence-corrected chi connectivity index (χ2v) is 5.96. The van der Waals surface area contributed by atoms with E-state index in [9.17, 15) is 0 Å². The van der Waals surface area contributed by atoms with Gasteiger partial charge in [0.2, 0.25) is 11.8 Å². The van der Waals surface area contributed by atoms with Gasteiger partial charge in [0.05, 0.1) is 12.9 Å². The van der Waals surface area contributed by atoms with Gasteiger partial charge in [-0.1, -0.05) is 11.6 Å². The minimum Gasteiger partial charge on any atom is -0.497 e. The molecule has 22 heavy (non-hydrogen) atoms. The standard InChI is InChI=1S/C16H13ClN2O2S/c1-20-13-6-8-14(9-7-13)22-10-15-18-19-16(21-15)11-2-4-12(17)5-3-11/h2-9H,10H2,1H3. The summed E-state index contributed by atoms with van der Waals surface area (Å²) in [6.07, 6.45) is 0. The summed E-state index contributed by atoms with van der Waals surface area (Å²) in [5.41, 5.74) is 0.859. The summed E-state index contributed by atoms with van der Waals surface area (Å²) >= 11 is 7.50. The highest BCUT2D eigenvalue weighted by molar-refractivity contribution is 7.98. The van der Waals surface area contributed by atoms with E-state index in [2.05, 4.69) is 10.2 Å². The SMILES string of the molecule is COc1ccc(SCc2nnc(-c3ccc(Cl)cc3)o2)cc1. The molecule has 4 nitrogen and oxygen atoms in total. The van der Waals surface area contributed by atoms with Crippen LogP contribution in [0.15, 0.2) is 57.8 Å². The average molecular weight is 333 g/mol. The minimum atomic E-state index is 0.502. The molecule has 0 aliphatic rings. The fraction of sp³-hybridized carbons (Fsp3) is 0.125. The third-order valence-electron chi connectivity index (χ3n) is 2.98. The Kier molecular flexibility index (Phi) is 4.65. The molecule has 1 heterocycles. The van der Waals surface area contributed by atoms with Gasteiger partial charge in [0.15, 0.2) is 0 Å². The molecule has 0 atom stereocenters. The number of hydrogen-bond acceptors (Lipinski definition) is 5. The first-order chi connectivity index (χ1) is 10.7. The second-order valence-electron chi connectivity index (χ2n) is 4.47. The summed E-state index contributed by atoms with van der Waals surface area (Å²) in [7, 11) is 1.65. The van der Waals surface area contributed by atoms with Crippen LogP contribution in [-0.2, 0) is 5.75 Å². The molecule has 3 aromatic rings. The maximum Gasteiger partial charge on any atom is 0.247 e. The predicted octanol–water partition coefficient (Wildman–Crippen LogP) is 4.69. The minimum absolute atomic E-state index is 0.502. The zero-order valence-corrected chi connectivity index (χ0v) is 13.4. The van der Waals surface area contributed by atoms with Gasteiger partial charge < -0.3 is 9.15 Å². The van der Waals surface area contributed by atoms with Crippen molar-refractivity contribution in [2.75, 3.05) is 7.11 Å². The van der Waals surface area contributed by atoms with Crippen LogP contribution in [0, 0.1) is 0 Å². The summed E-state index contributed by atoms with van der Waals surface area (Å²) in [6, 6.07) is 15.2. The molecule has 112 valence electrons. The van der Waals surface area contributed by atoms with Crippen LogP contribution in [0.4, 0.5) is 0 Å². The number of methoxy groups -OCH3 is 1. The molecule has 0 amide bonds. The molecule has 0 saturated heterocycles. The van der Waals surface area contributed by atoms with Crippen LogP contribution in [0.2, 0.25) is 5.02 Å². The van der Waals surface area contributed by atoms with E-state index >= 15 is 0 Å². The molecule has 6 heteroatoms. The number of thioether (sulfide) groups is 1. The molecular formula is C16H13ClN2O2S. The van der Waals surface area contributed by atoms with Crippen molar-refractivity contribution in [3.63, 3.8) is 0 Å². The lowest BCUT2D eigenvalue weighted by molar-refractivity contribution is 0.414. The van der Waals surface area contributed by atoms with Gasteiger partial charge in [-0.3, -0.25) is 0 Å². The zero-order valence-electron chi connectivity index (χ0n) is 11.8. The molecule has 0 N–H and O–H groups in total. The number of ether oxygens (including phenoxy) is 1. The number of halogens is 1. The van der Waals surface area contributed by atoms with E-state index in [0.29, 0.717) is 22.6 Å². The Balaban J connectivity index is 1.65. The van der Waals surface area contributed by atoms with E-state index in [1.165, 1.54) is 0 Å². The molecule has 3 rings (SSSR count). The summed E-state index contributed by atoms with van der Waals surface area (Å²) in [5.74, 6) is 2.55. The topological polar surface area (TPSA) is 48.2 Å². The van der Waals surface area contributed by atoms with Crippen molar-refractivity contribution in [1.82, 2.24) is 10.2 Å². The van der Waals surface area contributed by atoms with Crippen LogP contribution in [0.3, 0.4) is 0 Å². The van der Waals surface area contributed by atoms with E-state index in [1.54, 1.807) is 31.0 Å². The van der Waals surface area contributed by atoms with E-state index < -0.39 is 0 Å². The first-order valence-corrected chi connectivity index (χ1v) is 7.96. The van der Waals surface area contributed by atoms with Crippen LogP contribution in [0.5, 0.6) is 5.75 Å². The van der Waals surface area contributed by atoms with Gasteiger partial charge in [-0.15, -0.1) is 22.0 Å². The Hall–Kier alpha value is -1.98. The van der Waals surface area contributed by atoms with Gasteiger partial charge in [0.25, 0.3) is 0 Å². The molecule has 0 unspecified atom stereocenters. The van der Waals surface area contributed by atoms with Crippen LogP contribution >= 0.6 is 23.4 Å². The Morgan fingerprint density at radius 2 is 1.77 bits per heavy atom. The molecule has 0 radical (unpaired) electrons. The smallest absolute Gasteiger partial charge is 0.247 e. The molecule has 2 aromatic carbocycles. The van der Waals surface area contributed by atoms with Crippen molar-refractivity contribution < 1.29 is 9.15 Å². The van der Waals surface area contributed by atoms with Crippen molar-refractivity contribution >= 4 is 23.4 Å². The number of aromatic nitrogens is 2. The maximum absolute atomic E-state index is 5.86. The van der Waals surface area contributed by atoms with Crippen LogP contribution in [0.25, 0.3) is 11.5 Å². The second kappa shape index (κ2) is 6.85. The lowest BCUT2D eigenvalue weighted by atomic mass is 10.2. The molecular weight excluding hydrogens is 320 g/mol. The predicted molar refractivity (Wildman–Crippen MR) is 87.3 cm³/mol. The summed E-state index contributed by atoms with van der Waals surface area (Å²) in [6.45, 7) is 0. The van der Waals surface area contributed by atoms with Gasteiger partial charge in [0, 0.05) is 15.5 Å². The van der Waals surface area contributed by atoms with Crippen molar-refractivity contribution in [3.05, 3.63) is 59.4 Å². The Labute approximate surface area is 137 Å². The fourth-order valence-electron chi connectivity index (χ4n) is 1.84. The lowest BCUT2D eigenvalue weighted by Crippen LogP contribution is -1.83. The van der Waals surface area contributed by atoms with E-state index in [1.807, 2.05) is 36.4 Å². The van der Waals surface area contributed by atoms with Crippen molar-refractivity contribution in [2.45, 2.75) is 10.6 Å². The third kappa shape index (κ3) is 3.61. The monoisotopic (exact) mass is 332 g/mol. The summed E-state index contributed by atoms with van der Waals surface area (Å²) in [5, 5.41) is 8.81. The quantitative estimate of drug-likeness (QED) is 0.634. The molecule has 0 aliphatic heterocycles. The normalized spacial score (nSPS) is 10.6. The van der Waals surface area contributed by atoms with Crippen LogP contribution in [0.1, 0.15) is 5.89 Å². The third-order valence-corrected chi connectivity index (χ3v) is 4.23. The molecule has 0 aliphatic carbocycles. The number of rotatable bonds is 5. The van der Waals surface area contributed by atoms with Gasteiger partial charge in [0.1, 0.15) is 5.75 Å². The van der Waals surface area contributed by atoms with E-state index in [4.69, 9.17) is 20.8 Å².